The second-order valence-corrected chi connectivity index (χ2v) is 7.91. The van der Waals surface area contributed by atoms with Crippen LogP contribution in [0.3, 0.4) is 0 Å². The van der Waals surface area contributed by atoms with E-state index >= 15 is 0 Å². The van der Waals surface area contributed by atoms with Crippen molar-refractivity contribution in [1.29, 1.82) is 0 Å². The van der Waals surface area contributed by atoms with Crippen LogP contribution in [0.1, 0.15) is 28.3 Å². The van der Waals surface area contributed by atoms with Crippen molar-refractivity contribution >= 4 is 17.1 Å². The smallest absolute Gasteiger partial charge is 0.202 e. The van der Waals surface area contributed by atoms with Crippen LogP contribution in [0.25, 0.3) is 10.6 Å². The predicted octanol–water partition coefficient (Wildman–Crippen LogP) is 3.64. The van der Waals surface area contributed by atoms with Crippen LogP contribution < -0.4 is 0 Å². The quantitative estimate of drug-likeness (QED) is 0.647. The molecule has 134 valence electrons. The Morgan fingerprint density at radius 2 is 2.12 bits per heavy atom. The van der Waals surface area contributed by atoms with Gasteiger partial charge in [0.05, 0.1) is 0 Å². The summed E-state index contributed by atoms with van der Waals surface area (Å²) in [4.78, 5) is 25.2. The maximum Gasteiger partial charge on any atom is 0.202 e. The lowest BCUT2D eigenvalue weighted by Crippen LogP contribution is -2.38. The highest BCUT2D eigenvalue weighted by Gasteiger charge is 2.28. The largest absolute Gasteiger partial charge is 0.332 e. The van der Waals surface area contributed by atoms with E-state index in [9.17, 15) is 4.79 Å². The molecular weight excluding hydrogens is 344 g/mol. The molecule has 4 rings (SSSR count). The molecule has 0 unspecified atom stereocenters. The number of carbonyl (C=O) groups excluding carboxylic acids is 1. The third-order valence-corrected chi connectivity index (χ3v) is 5.90. The molecule has 1 fully saturated rings. The molecule has 1 aromatic carbocycles. The Morgan fingerprint density at radius 3 is 2.88 bits per heavy atom. The van der Waals surface area contributed by atoms with Crippen molar-refractivity contribution in [2.45, 2.75) is 19.4 Å². The van der Waals surface area contributed by atoms with Crippen molar-refractivity contribution in [3.8, 4) is 10.6 Å². The summed E-state index contributed by atoms with van der Waals surface area (Å²) in [5, 5.41) is 1.05. The minimum Gasteiger partial charge on any atom is -0.332 e. The van der Waals surface area contributed by atoms with Gasteiger partial charge in [-0.1, -0.05) is 30.3 Å². The van der Waals surface area contributed by atoms with Gasteiger partial charge in [0, 0.05) is 55.1 Å². The molecule has 6 heteroatoms. The summed E-state index contributed by atoms with van der Waals surface area (Å²) in [5.74, 6) is 0.767. The first-order valence-electron chi connectivity index (χ1n) is 8.95. The van der Waals surface area contributed by atoms with Gasteiger partial charge in [-0.3, -0.25) is 9.69 Å². The van der Waals surface area contributed by atoms with Crippen LogP contribution in [0, 0.1) is 5.92 Å². The number of Topliss-reactive ketones (excluding diaryl/α,β-unsaturated/α-hetero) is 1. The average Bonchev–Trinajstić information content (AvgIpc) is 3.31. The topological polar surface area (TPSA) is 51.0 Å². The van der Waals surface area contributed by atoms with Gasteiger partial charge in [-0.15, -0.1) is 11.3 Å². The van der Waals surface area contributed by atoms with E-state index in [1.54, 1.807) is 17.5 Å². The monoisotopic (exact) mass is 366 g/mol. The molecule has 5 nitrogen and oxygen atoms in total. The fourth-order valence-corrected chi connectivity index (χ4v) is 4.47. The van der Waals surface area contributed by atoms with Crippen molar-refractivity contribution in [3.05, 3.63) is 59.6 Å². The van der Waals surface area contributed by atoms with Crippen LogP contribution >= 0.6 is 11.3 Å². The number of piperidine rings is 1. The van der Waals surface area contributed by atoms with Gasteiger partial charge in [0.2, 0.25) is 5.78 Å². The Bertz CT molecular complexity index is 886. The fourth-order valence-electron chi connectivity index (χ4n) is 3.51. The number of hydrogen-bond acceptors (Lipinski definition) is 5. The van der Waals surface area contributed by atoms with Gasteiger partial charge in [0.25, 0.3) is 0 Å². The Hall–Kier alpha value is -2.31. The van der Waals surface area contributed by atoms with E-state index in [-0.39, 0.29) is 11.7 Å². The zero-order chi connectivity index (χ0) is 17.9. The number of thiazole rings is 1. The first-order valence-corrected chi connectivity index (χ1v) is 9.76. The molecule has 1 saturated heterocycles. The number of rotatable bonds is 5. The van der Waals surface area contributed by atoms with Crippen molar-refractivity contribution < 1.29 is 4.79 Å². The van der Waals surface area contributed by atoms with E-state index in [4.69, 9.17) is 0 Å². The molecule has 0 aliphatic carbocycles. The third-order valence-electron chi connectivity index (χ3n) is 4.87. The molecule has 0 N–H and O–H groups in total. The normalized spacial score (nSPS) is 18.1. The molecule has 0 amide bonds. The Morgan fingerprint density at radius 1 is 1.27 bits per heavy atom. The SMILES string of the molecule is Cn1ccnc1C(=O)[C@H]1CCCN(Cc2cnc(-c3ccccc3)s2)C1. The maximum atomic E-state index is 12.7. The Kier molecular flexibility index (Phi) is 4.95. The number of benzene rings is 1. The average molecular weight is 366 g/mol. The highest BCUT2D eigenvalue weighted by Crippen LogP contribution is 2.27. The van der Waals surface area contributed by atoms with Crippen molar-refractivity contribution in [1.82, 2.24) is 19.4 Å². The number of nitrogens with zero attached hydrogens (tertiary/aromatic N) is 4. The highest BCUT2D eigenvalue weighted by atomic mass is 32.1. The molecule has 2 aromatic heterocycles. The van der Waals surface area contributed by atoms with E-state index in [1.807, 2.05) is 42.2 Å². The third kappa shape index (κ3) is 3.61. The van der Waals surface area contributed by atoms with Gasteiger partial charge in [0.1, 0.15) is 5.01 Å². The number of aryl methyl sites for hydroxylation is 1. The Labute approximate surface area is 157 Å². The van der Waals surface area contributed by atoms with Gasteiger partial charge in [-0.05, 0) is 19.4 Å². The van der Waals surface area contributed by atoms with Crippen LogP contribution in [-0.4, -0.2) is 38.3 Å². The molecule has 3 heterocycles. The summed E-state index contributed by atoms with van der Waals surface area (Å²) in [5.41, 5.74) is 1.16. The van der Waals surface area contributed by atoms with Gasteiger partial charge >= 0.3 is 0 Å². The van der Waals surface area contributed by atoms with Crippen molar-refractivity contribution in [3.63, 3.8) is 0 Å². The van der Waals surface area contributed by atoms with E-state index in [0.717, 1.165) is 43.0 Å². The second kappa shape index (κ2) is 7.51. The molecule has 26 heavy (non-hydrogen) atoms. The number of likely N-dealkylation sites (tertiary alicyclic amines) is 1. The number of hydrogen-bond donors (Lipinski definition) is 0. The van der Waals surface area contributed by atoms with Crippen LogP contribution in [0.5, 0.6) is 0 Å². The van der Waals surface area contributed by atoms with Crippen molar-refractivity contribution in [2.75, 3.05) is 13.1 Å². The molecule has 0 radical (unpaired) electrons. The van der Waals surface area contributed by atoms with Gasteiger partial charge < -0.3 is 4.57 Å². The van der Waals surface area contributed by atoms with Crippen LogP contribution in [-0.2, 0) is 13.6 Å². The van der Waals surface area contributed by atoms with Crippen molar-refractivity contribution in [2.24, 2.45) is 13.0 Å². The summed E-state index contributed by atoms with van der Waals surface area (Å²) < 4.78 is 1.82. The maximum absolute atomic E-state index is 12.7. The van der Waals surface area contributed by atoms with Crippen LogP contribution in [0.4, 0.5) is 0 Å². The lowest BCUT2D eigenvalue weighted by molar-refractivity contribution is 0.0798. The number of aromatic nitrogens is 3. The zero-order valence-corrected chi connectivity index (χ0v) is 15.7. The first kappa shape index (κ1) is 17.1. The summed E-state index contributed by atoms with van der Waals surface area (Å²) in [6.07, 6.45) is 7.48. The molecule has 0 spiro atoms. The molecule has 1 atom stereocenters. The van der Waals surface area contributed by atoms with Crippen LogP contribution in [0.2, 0.25) is 0 Å². The van der Waals surface area contributed by atoms with Gasteiger partial charge in [-0.25, -0.2) is 9.97 Å². The Balaban J connectivity index is 1.42. The molecule has 0 saturated carbocycles. The number of carbonyl (C=O) groups is 1. The summed E-state index contributed by atoms with van der Waals surface area (Å²) in [6.45, 7) is 2.68. The molecule has 1 aliphatic rings. The molecule has 1 aliphatic heterocycles. The molecule has 0 bridgehead atoms. The number of imidazole rings is 1. The first-order chi connectivity index (χ1) is 12.7. The van der Waals surface area contributed by atoms with Gasteiger partial charge in [0.15, 0.2) is 5.82 Å². The molecular formula is C20H22N4OS. The molecule has 3 aromatic rings. The standard InChI is InChI=1S/C20H22N4OS/c1-23-11-9-21-19(23)18(25)16-8-5-10-24(13-16)14-17-12-22-20(26-17)15-6-3-2-4-7-15/h2-4,6-7,9,11-12,16H,5,8,10,13-14H2,1H3/t16-/m0/s1. The highest BCUT2D eigenvalue weighted by molar-refractivity contribution is 7.15. The minimum atomic E-state index is 0.0337. The van der Waals surface area contributed by atoms with E-state index < -0.39 is 0 Å². The summed E-state index contributed by atoms with van der Waals surface area (Å²) in [6, 6.07) is 10.3. The van der Waals surface area contributed by atoms with E-state index in [0.29, 0.717) is 5.82 Å². The minimum absolute atomic E-state index is 0.0337. The predicted molar refractivity (Wildman–Crippen MR) is 103 cm³/mol. The lowest BCUT2D eigenvalue weighted by Gasteiger charge is -2.31. The summed E-state index contributed by atoms with van der Waals surface area (Å²) >= 11 is 1.74. The zero-order valence-electron chi connectivity index (χ0n) is 14.8. The number of ketones is 1. The fraction of sp³-hybridized carbons (Fsp3) is 0.350. The van der Waals surface area contributed by atoms with Crippen LogP contribution in [0.15, 0.2) is 48.9 Å². The van der Waals surface area contributed by atoms with E-state index in [2.05, 4.69) is 27.0 Å². The van der Waals surface area contributed by atoms with Gasteiger partial charge in [-0.2, -0.15) is 0 Å². The second-order valence-electron chi connectivity index (χ2n) is 6.80. The lowest BCUT2D eigenvalue weighted by atomic mass is 9.93. The summed E-state index contributed by atoms with van der Waals surface area (Å²) in [7, 11) is 1.88. The van der Waals surface area contributed by atoms with E-state index in [1.165, 1.54) is 4.88 Å².